The number of aromatic nitrogens is 1. The number of rotatable bonds is 8. The van der Waals surface area contributed by atoms with Gasteiger partial charge in [-0.3, -0.25) is 9.36 Å². The molecule has 0 spiro atoms. The third kappa shape index (κ3) is 5.69. The fourth-order valence-electron chi connectivity index (χ4n) is 5.35. The number of hydrogen-bond donors (Lipinski definition) is 1. The van der Waals surface area contributed by atoms with Gasteiger partial charge in [0.15, 0.2) is 0 Å². The Hall–Kier alpha value is -4.21. The summed E-state index contributed by atoms with van der Waals surface area (Å²) in [6.45, 7) is 10.1. The zero-order valence-electron chi connectivity index (χ0n) is 25.4. The molecule has 2 heterocycles. The fourth-order valence-corrected chi connectivity index (χ4v) is 8.21. The summed E-state index contributed by atoms with van der Waals surface area (Å²) in [5.74, 6) is -1.44. The topological polar surface area (TPSA) is 108 Å². The van der Waals surface area contributed by atoms with Crippen LogP contribution in [0.15, 0.2) is 93.5 Å². The number of sulfone groups is 1. The van der Waals surface area contributed by atoms with Crippen LogP contribution in [-0.4, -0.2) is 25.6 Å². The highest BCUT2D eigenvalue weighted by Crippen LogP contribution is 2.42. The molecular weight excluding hydrogens is 593 g/mol. The maximum absolute atomic E-state index is 14.4. The minimum atomic E-state index is -4.28. The van der Waals surface area contributed by atoms with E-state index >= 15 is 0 Å². The Morgan fingerprint density at radius 1 is 0.932 bits per heavy atom. The van der Waals surface area contributed by atoms with Gasteiger partial charge in [0.05, 0.1) is 27.5 Å². The molecule has 1 aliphatic heterocycles. The van der Waals surface area contributed by atoms with Crippen molar-refractivity contribution in [1.29, 1.82) is 0 Å². The van der Waals surface area contributed by atoms with E-state index in [0.717, 1.165) is 32.6 Å². The number of thiazole rings is 1. The van der Waals surface area contributed by atoms with Crippen LogP contribution < -0.4 is 20.5 Å². The maximum Gasteiger partial charge on any atom is 0.338 e. The molecule has 0 fully saturated rings. The average molecular weight is 629 g/mol. The van der Waals surface area contributed by atoms with Gasteiger partial charge in [0.1, 0.15) is 15.4 Å². The number of esters is 1. The van der Waals surface area contributed by atoms with E-state index in [0.29, 0.717) is 16.0 Å². The van der Waals surface area contributed by atoms with Gasteiger partial charge >= 0.3 is 5.97 Å². The quantitative estimate of drug-likeness (QED) is 0.274. The van der Waals surface area contributed by atoms with Gasteiger partial charge < -0.3 is 10.5 Å². The second-order valence-corrected chi connectivity index (χ2v) is 14.3. The molecule has 0 radical (unpaired) electrons. The molecule has 228 valence electrons. The first kappa shape index (κ1) is 31.2. The van der Waals surface area contributed by atoms with E-state index in [1.54, 1.807) is 31.2 Å². The molecular formula is C35H36N2O5S2. The predicted octanol–water partition coefficient (Wildman–Crippen LogP) is 5.06. The highest BCUT2D eigenvalue weighted by Gasteiger charge is 2.42. The van der Waals surface area contributed by atoms with Gasteiger partial charge in [0.2, 0.25) is 9.84 Å². The first-order chi connectivity index (χ1) is 20.9. The number of benzene rings is 3. The van der Waals surface area contributed by atoms with E-state index in [1.165, 1.54) is 12.1 Å². The normalized spacial score (nSPS) is 15.7. The minimum Gasteiger partial charge on any atom is -0.463 e. The van der Waals surface area contributed by atoms with E-state index in [-0.39, 0.29) is 38.4 Å². The Balaban J connectivity index is 1.87. The van der Waals surface area contributed by atoms with Gasteiger partial charge in [-0.1, -0.05) is 94.4 Å². The number of carbonyl (C=O) groups is 1. The SMILES string of the molecule is CCOC(=O)C1=c2s/c(=C\c3ccc(C(C)C)cc3)c(=O)n2C(N)=C(S(=O)(=O)c2ccccc2)C1c1ccc(C(C)C)cc1. The van der Waals surface area contributed by atoms with Crippen LogP contribution in [0, 0.1) is 0 Å². The standard InChI is InChI=1S/C35H36N2O5S2/c1-6-42-35(39)30-29(26-18-16-25(17-19-26)22(4)5)31(44(40,41)27-10-8-7-9-11-27)32(36)37-33(38)28(43-34(30)37)20-23-12-14-24(15-13-23)21(2)3/h7-22,29H,6,36H2,1-5H3/b28-20-. The van der Waals surface area contributed by atoms with Crippen LogP contribution in [0.1, 0.15) is 74.6 Å². The van der Waals surface area contributed by atoms with Gasteiger partial charge in [-0.05, 0) is 59.2 Å². The third-order valence-corrected chi connectivity index (χ3v) is 10.8. The molecule has 3 aromatic carbocycles. The van der Waals surface area contributed by atoms with Crippen LogP contribution >= 0.6 is 11.3 Å². The lowest BCUT2D eigenvalue weighted by atomic mass is 9.88. The summed E-state index contributed by atoms with van der Waals surface area (Å²) in [5.41, 5.74) is 9.83. The maximum atomic E-state index is 14.4. The Morgan fingerprint density at radius 3 is 2.05 bits per heavy atom. The molecule has 1 aromatic heterocycles. The molecule has 44 heavy (non-hydrogen) atoms. The van der Waals surface area contributed by atoms with Crippen molar-refractivity contribution in [3.05, 3.63) is 126 Å². The van der Waals surface area contributed by atoms with Gasteiger partial charge in [-0.2, -0.15) is 0 Å². The Kier molecular flexibility index (Phi) is 8.81. The van der Waals surface area contributed by atoms with Crippen LogP contribution in [0.3, 0.4) is 0 Å². The number of ether oxygens (including phenoxy) is 1. The van der Waals surface area contributed by atoms with E-state index in [4.69, 9.17) is 10.5 Å². The molecule has 0 saturated heterocycles. The first-order valence-electron chi connectivity index (χ1n) is 14.6. The lowest BCUT2D eigenvalue weighted by molar-refractivity contribution is -0.136. The Morgan fingerprint density at radius 2 is 1.50 bits per heavy atom. The summed E-state index contributed by atoms with van der Waals surface area (Å²) in [6, 6.07) is 23.3. The number of fused-ring (bicyclic) bond motifs is 1. The Labute approximate surface area is 261 Å². The monoisotopic (exact) mass is 628 g/mol. The molecule has 2 N–H and O–H groups in total. The van der Waals surface area contributed by atoms with Crippen LogP contribution in [0.25, 0.3) is 17.5 Å². The lowest BCUT2D eigenvalue weighted by Gasteiger charge is -2.28. The van der Waals surface area contributed by atoms with Gasteiger partial charge in [0, 0.05) is 0 Å². The van der Waals surface area contributed by atoms with Crippen LogP contribution in [0.2, 0.25) is 0 Å². The fraction of sp³-hybridized carbons (Fsp3) is 0.257. The number of carbonyl (C=O) groups excluding carboxylic acids is 1. The summed E-state index contributed by atoms with van der Waals surface area (Å²) < 4.78 is 36.0. The molecule has 0 bridgehead atoms. The second kappa shape index (κ2) is 12.4. The second-order valence-electron chi connectivity index (χ2n) is 11.3. The highest BCUT2D eigenvalue weighted by molar-refractivity contribution is 7.95. The molecule has 0 saturated carbocycles. The van der Waals surface area contributed by atoms with Gasteiger partial charge in [-0.15, -0.1) is 11.3 Å². The molecule has 7 nitrogen and oxygen atoms in total. The smallest absolute Gasteiger partial charge is 0.338 e. The summed E-state index contributed by atoms with van der Waals surface area (Å²) in [4.78, 5) is 27.5. The molecule has 5 rings (SSSR count). The van der Waals surface area contributed by atoms with Crippen LogP contribution in [-0.2, 0) is 19.4 Å². The number of hydrogen-bond acceptors (Lipinski definition) is 7. The molecule has 0 aliphatic carbocycles. The lowest BCUT2D eigenvalue weighted by Crippen LogP contribution is -2.41. The third-order valence-electron chi connectivity index (χ3n) is 7.77. The minimum absolute atomic E-state index is 0.00807. The number of nitrogens with zero attached hydrogens (tertiary/aromatic N) is 1. The molecule has 0 amide bonds. The zero-order valence-corrected chi connectivity index (χ0v) is 27.0. The van der Waals surface area contributed by atoms with E-state index in [1.807, 2.05) is 48.5 Å². The van der Waals surface area contributed by atoms with Gasteiger partial charge in [-0.25, -0.2) is 13.2 Å². The van der Waals surface area contributed by atoms with E-state index in [2.05, 4.69) is 27.7 Å². The van der Waals surface area contributed by atoms with Crippen molar-refractivity contribution < 1.29 is 17.9 Å². The molecule has 9 heteroatoms. The van der Waals surface area contributed by atoms with Crippen LogP contribution in [0.5, 0.6) is 0 Å². The van der Waals surface area contributed by atoms with Gasteiger partial charge in [0.25, 0.3) is 5.56 Å². The van der Waals surface area contributed by atoms with Crippen molar-refractivity contribution in [2.45, 2.75) is 57.3 Å². The van der Waals surface area contributed by atoms with Crippen molar-refractivity contribution in [1.82, 2.24) is 4.57 Å². The first-order valence-corrected chi connectivity index (χ1v) is 16.9. The zero-order chi connectivity index (χ0) is 31.8. The number of nitrogens with two attached hydrogens (primary N) is 1. The van der Waals surface area contributed by atoms with Crippen molar-refractivity contribution in [3.8, 4) is 0 Å². The molecule has 1 aliphatic rings. The van der Waals surface area contributed by atoms with Crippen molar-refractivity contribution >= 4 is 44.6 Å². The summed E-state index contributed by atoms with van der Waals surface area (Å²) in [5, 5.41) is 0. The predicted molar refractivity (Wildman–Crippen MR) is 176 cm³/mol. The molecule has 1 atom stereocenters. The van der Waals surface area contributed by atoms with Crippen LogP contribution in [0.4, 0.5) is 0 Å². The van der Waals surface area contributed by atoms with E-state index in [9.17, 15) is 18.0 Å². The summed E-state index contributed by atoms with van der Waals surface area (Å²) in [7, 11) is -4.28. The number of allylic oxidation sites excluding steroid dienone is 1. The summed E-state index contributed by atoms with van der Waals surface area (Å²) >= 11 is 1.10. The molecule has 1 unspecified atom stereocenters. The van der Waals surface area contributed by atoms with E-state index < -0.39 is 27.3 Å². The van der Waals surface area contributed by atoms with Crippen molar-refractivity contribution in [2.75, 3.05) is 6.61 Å². The van der Waals surface area contributed by atoms with Crippen molar-refractivity contribution in [2.24, 2.45) is 5.73 Å². The largest absolute Gasteiger partial charge is 0.463 e. The van der Waals surface area contributed by atoms with Crippen molar-refractivity contribution in [3.63, 3.8) is 0 Å². The summed E-state index contributed by atoms with van der Waals surface area (Å²) in [6.07, 6.45) is 1.73. The highest BCUT2D eigenvalue weighted by atomic mass is 32.2. The average Bonchev–Trinajstić information content (AvgIpc) is 3.33. The molecule has 4 aromatic rings. The Bertz CT molecular complexity index is 2020.